The number of hydrogen-bond acceptors (Lipinski definition) is 2. The summed E-state index contributed by atoms with van der Waals surface area (Å²) in [6.45, 7) is 11.4. The van der Waals surface area contributed by atoms with Crippen LogP contribution in [0.3, 0.4) is 0 Å². The monoisotopic (exact) mass is 416 g/mol. The summed E-state index contributed by atoms with van der Waals surface area (Å²) < 4.78 is 0. The summed E-state index contributed by atoms with van der Waals surface area (Å²) in [7, 11) is 0. The lowest BCUT2D eigenvalue weighted by Gasteiger charge is -2.58. The number of allylic oxidation sites excluding steroid dienone is 1. The highest BCUT2D eigenvalue weighted by Crippen LogP contribution is 2.66. The highest BCUT2D eigenvalue weighted by molar-refractivity contribution is 5.25. The summed E-state index contributed by atoms with van der Waals surface area (Å²) in [5.41, 5.74) is 1.96. The third kappa shape index (κ3) is 3.83. The van der Waals surface area contributed by atoms with Crippen molar-refractivity contribution in [1.82, 2.24) is 0 Å². The predicted molar refractivity (Wildman–Crippen MR) is 125 cm³/mol. The quantitative estimate of drug-likeness (QED) is 0.463. The molecule has 8 atom stereocenters. The van der Waals surface area contributed by atoms with Gasteiger partial charge >= 0.3 is 0 Å². The van der Waals surface area contributed by atoms with Crippen LogP contribution in [0.1, 0.15) is 112 Å². The number of aliphatic hydroxyl groups excluding tert-OH is 1. The molecule has 172 valence electrons. The highest BCUT2D eigenvalue weighted by atomic mass is 16.3. The molecule has 0 aromatic rings. The molecule has 2 heteroatoms. The average Bonchev–Trinajstić information content (AvgIpc) is 3.01. The molecular formula is C28H48O2. The van der Waals surface area contributed by atoms with Crippen LogP contribution in [0.15, 0.2) is 11.6 Å². The van der Waals surface area contributed by atoms with Crippen molar-refractivity contribution in [3.63, 3.8) is 0 Å². The lowest BCUT2D eigenvalue weighted by molar-refractivity contribution is -0.0514. The fourth-order valence-electron chi connectivity index (χ4n) is 8.89. The van der Waals surface area contributed by atoms with Crippen LogP contribution in [0, 0.1) is 40.4 Å². The van der Waals surface area contributed by atoms with E-state index in [-0.39, 0.29) is 6.10 Å². The van der Waals surface area contributed by atoms with Gasteiger partial charge in [-0.15, -0.1) is 0 Å². The van der Waals surface area contributed by atoms with E-state index in [1.54, 1.807) is 5.57 Å². The van der Waals surface area contributed by atoms with Crippen molar-refractivity contribution >= 4 is 0 Å². The standard InChI is InChI=1S/C28H48O2/c1-6-19(26(2,3)30)8-7-9-20-11-13-24-23-12-10-21-18-22(29)14-16-28(21,5)25(23)15-17-27(20,24)4/h10,19-20,22-25,29-30H,6-9,11-18H2,1-5H3/t19-,20+,22+,23?,24?,25?,27-,28+/m1/s1. The van der Waals surface area contributed by atoms with E-state index in [0.29, 0.717) is 16.7 Å². The topological polar surface area (TPSA) is 40.5 Å². The molecule has 0 heterocycles. The second-order valence-electron chi connectivity index (χ2n) is 12.7. The molecule has 0 amide bonds. The van der Waals surface area contributed by atoms with Crippen LogP contribution < -0.4 is 0 Å². The van der Waals surface area contributed by atoms with Crippen molar-refractivity contribution in [2.75, 3.05) is 0 Å². The second kappa shape index (κ2) is 8.22. The molecule has 3 saturated carbocycles. The Labute approximate surface area is 185 Å². The van der Waals surface area contributed by atoms with Gasteiger partial charge in [-0.05, 0) is 118 Å². The Morgan fingerprint density at radius 1 is 1.10 bits per heavy atom. The van der Waals surface area contributed by atoms with E-state index in [2.05, 4.69) is 26.8 Å². The van der Waals surface area contributed by atoms with Crippen molar-refractivity contribution < 1.29 is 10.2 Å². The molecule has 4 rings (SSSR count). The minimum Gasteiger partial charge on any atom is -0.393 e. The van der Waals surface area contributed by atoms with E-state index in [1.807, 2.05) is 13.8 Å². The van der Waals surface area contributed by atoms with E-state index in [9.17, 15) is 10.2 Å². The minimum atomic E-state index is -0.538. The maximum Gasteiger partial charge on any atom is 0.0619 e. The van der Waals surface area contributed by atoms with Crippen LogP contribution in [0.5, 0.6) is 0 Å². The van der Waals surface area contributed by atoms with Gasteiger partial charge in [0.05, 0.1) is 11.7 Å². The lowest BCUT2D eigenvalue weighted by atomic mass is 9.47. The van der Waals surface area contributed by atoms with Crippen LogP contribution >= 0.6 is 0 Å². The summed E-state index contributed by atoms with van der Waals surface area (Å²) in [6.07, 6.45) is 17.5. The van der Waals surface area contributed by atoms with Crippen LogP contribution in [0.2, 0.25) is 0 Å². The summed E-state index contributed by atoms with van der Waals surface area (Å²) in [5, 5.41) is 20.7. The van der Waals surface area contributed by atoms with Gasteiger partial charge in [0.25, 0.3) is 0 Å². The first-order chi connectivity index (χ1) is 14.1. The molecule has 0 aromatic carbocycles. The van der Waals surface area contributed by atoms with E-state index in [4.69, 9.17) is 0 Å². The zero-order chi connectivity index (χ0) is 21.7. The first-order valence-corrected chi connectivity index (χ1v) is 13.2. The lowest BCUT2D eigenvalue weighted by Crippen LogP contribution is -2.50. The largest absolute Gasteiger partial charge is 0.393 e. The van der Waals surface area contributed by atoms with Crippen LogP contribution in [-0.4, -0.2) is 21.9 Å². The Morgan fingerprint density at radius 3 is 2.57 bits per heavy atom. The van der Waals surface area contributed by atoms with Gasteiger partial charge in [-0.2, -0.15) is 0 Å². The van der Waals surface area contributed by atoms with Gasteiger partial charge in [-0.3, -0.25) is 0 Å². The molecule has 4 aliphatic rings. The molecule has 0 aliphatic heterocycles. The molecule has 2 N–H and O–H groups in total. The molecular weight excluding hydrogens is 368 g/mol. The molecule has 3 unspecified atom stereocenters. The predicted octanol–water partition coefficient (Wildman–Crippen LogP) is 6.89. The van der Waals surface area contributed by atoms with Crippen LogP contribution in [0.25, 0.3) is 0 Å². The van der Waals surface area contributed by atoms with Crippen molar-refractivity contribution in [1.29, 1.82) is 0 Å². The fourth-order valence-corrected chi connectivity index (χ4v) is 8.89. The van der Waals surface area contributed by atoms with Gasteiger partial charge in [0.2, 0.25) is 0 Å². The third-order valence-corrected chi connectivity index (χ3v) is 10.9. The molecule has 4 aliphatic carbocycles. The van der Waals surface area contributed by atoms with Crippen molar-refractivity contribution in [2.45, 2.75) is 123 Å². The normalized spacial score (nSPS) is 44.6. The van der Waals surface area contributed by atoms with E-state index < -0.39 is 5.60 Å². The molecule has 0 radical (unpaired) electrons. The maximum atomic E-state index is 10.5. The van der Waals surface area contributed by atoms with Crippen LogP contribution in [0.4, 0.5) is 0 Å². The Bertz CT molecular complexity index is 646. The van der Waals surface area contributed by atoms with Crippen molar-refractivity contribution in [2.24, 2.45) is 40.4 Å². The van der Waals surface area contributed by atoms with Gasteiger partial charge in [-0.25, -0.2) is 0 Å². The number of hydrogen-bond donors (Lipinski definition) is 2. The molecule has 0 aromatic heterocycles. The van der Waals surface area contributed by atoms with E-state index in [1.165, 1.54) is 57.8 Å². The molecule has 0 bridgehead atoms. The molecule has 0 saturated heterocycles. The van der Waals surface area contributed by atoms with Crippen molar-refractivity contribution in [3.8, 4) is 0 Å². The highest BCUT2D eigenvalue weighted by Gasteiger charge is 2.58. The van der Waals surface area contributed by atoms with Gasteiger partial charge in [0.1, 0.15) is 0 Å². The SMILES string of the molecule is CC[C@H](CCC[C@H]1CCC2C3CC=C4C[C@@H](O)CC[C@]4(C)C3CC[C@@]21C)C(C)(C)O. The summed E-state index contributed by atoms with van der Waals surface area (Å²) in [6, 6.07) is 0. The first-order valence-electron chi connectivity index (χ1n) is 13.2. The Hall–Kier alpha value is -0.340. The van der Waals surface area contributed by atoms with Gasteiger partial charge < -0.3 is 10.2 Å². The Kier molecular flexibility index (Phi) is 6.26. The minimum absolute atomic E-state index is 0.0959. The zero-order valence-electron chi connectivity index (χ0n) is 20.4. The Morgan fingerprint density at radius 2 is 1.87 bits per heavy atom. The Balaban J connectivity index is 1.43. The van der Waals surface area contributed by atoms with Gasteiger partial charge in [0, 0.05) is 0 Å². The van der Waals surface area contributed by atoms with Crippen molar-refractivity contribution in [3.05, 3.63) is 11.6 Å². The van der Waals surface area contributed by atoms with E-state index in [0.717, 1.165) is 42.9 Å². The number of aliphatic hydroxyl groups is 2. The smallest absolute Gasteiger partial charge is 0.0619 e. The molecule has 3 fully saturated rings. The molecule has 2 nitrogen and oxygen atoms in total. The number of rotatable bonds is 6. The third-order valence-electron chi connectivity index (χ3n) is 10.9. The average molecular weight is 417 g/mol. The van der Waals surface area contributed by atoms with E-state index >= 15 is 0 Å². The first kappa shape index (κ1) is 22.8. The number of fused-ring (bicyclic) bond motifs is 5. The zero-order valence-corrected chi connectivity index (χ0v) is 20.4. The summed E-state index contributed by atoms with van der Waals surface area (Å²) >= 11 is 0. The maximum absolute atomic E-state index is 10.5. The summed E-state index contributed by atoms with van der Waals surface area (Å²) in [4.78, 5) is 0. The molecule has 30 heavy (non-hydrogen) atoms. The second-order valence-corrected chi connectivity index (χ2v) is 12.7. The fraction of sp³-hybridized carbons (Fsp3) is 0.929. The summed E-state index contributed by atoms with van der Waals surface area (Å²) in [5.74, 6) is 3.94. The van der Waals surface area contributed by atoms with Gasteiger partial charge in [0.15, 0.2) is 0 Å². The van der Waals surface area contributed by atoms with Crippen LogP contribution in [-0.2, 0) is 0 Å². The van der Waals surface area contributed by atoms with Gasteiger partial charge in [-0.1, -0.05) is 45.3 Å². The molecule has 0 spiro atoms.